The van der Waals surface area contributed by atoms with Crippen molar-refractivity contribution in [3.8, 4) is 11.4 Å². The molecule has 6 nitrogen and oxygen atoms in total. The fraction of sp³-hybridized carbons (Fsp3) is 0.300. The Hall–Kier alpha value is -1.83. The van der Waals surface area contributed by atoms with Gasteiger partial charge in [0.15, 0.2) is 5.82 Å². The summed E-state index contributed by atoms with van der Waals surface area (Å²) < 4.78 is 26.1. The summed E-state index contributed by atoms with van der Waals surface area (Å²) in [6.45, 7) is 0.361. The van der Waals surface area contributed by atoms with Crippen molar-refractivity contribution in [3.63, 3.8) is 0 Å². The first-order valence-corrected chi connectivity index (χ1v) is 6.92. The summed E-state index contributed by atoms with van der Waals surface area (Å²) in [6, 6.07) is 4.20. The van der Waals surface area contributed by atoms with Crippen molar-refractivity contribution in [2.45, 2.75) is 6.54 Å². The lowest BCUT2D eigenvalue weighted by Crippen LogP contribution is -2.10. The van der Waals surface area contributed by atoms with Crippen LogP contribution in [0, 0.1) is 5.82 Å². The number of nitrogens with zero attached hydrogens (tertiary/aromatic N) is 4. The highest BCUT2D eigenvalue weighted by Crippen LogP contribution is 2.22. The van der Waals surface area contributed by atoms with Gasteiger partial charge in [0.1, 0.15) is 5.82 Å². The zero-order valence-electron chi connectivity index (χ0n) is 9.71. The number of anilines is 1. The van der Waals surface area contributed by atoms with E-state index in [1.807, 2.05) is 0 Å². The van der Waals surface area contributed by atoms with E-state index < -0.39 is 16.6 Å². The number of benzene rings is 1. The molecule has 0 saturated carbocycles. The van der Waals surface area contributed by atoms with Crippen LogP contribution in [-0.2, 0) is 17.3 Å². The summed E-state index contributed by atoms with van der Waals surface area (Å²) in [5.74, 6) is 0.241. The van der Waals surface area contributed by atoms with Crippen molar-refractivity contribution in [3.05, 3.63) is 24.0 Å². The molecule has 96 valence electrons. The molecular formula is C10H12FN5OS. The highest BCUT2D eigenvalue weighted by atomic mass is 32.2. The fourth-order valence-electron chi connectivity index (χ4n) is 1.48. The van der Waals surface area contributed by atoms with E-state index in [1.54, 1.807) is 6.26 Å². The highest BCUT2D eigenvalue weighted by Gasteiger charge is 2.13. The van der Waals surface area contributed by atoms with Gasteiger partial charge < -0.3 is 5.73 Å². The molecule has 2 rings (SSSR count). The molecule has 0 fully saturated rings. The largest absolute Gasteiger partial charge is 0.399 e. The molecule has 0 aliphatic heterocycles. The van der Waals surface area contributed by atoms with E-state index in [2.05, 4.69) is 15.5 Å². The normalized spacial score (nSPS) is 12.6. The zero-order valence-corrected chi connectivity index (χ0v) is 10.5. The Bertz CT molecular complexity index is 585. The molecular weight excluding hydrogens is 257 g/mol. The Kier molecular flexibility index (Phi) is 3.66. The van der Waals surface area contributed by atoms with Gasteiger partial charge in [-0.2, -0.15) is 0 Å². The maximum Gasteiger partial charge on any atom is 0.185 e. The Morgan fingerprint density at radius 2 is 2.28 bits per heavy atom. The van der Waals surface area contributed by atoms with E-state index in [1.165, 1.54) is 22.9 Å². The van der Waals surface area contributed by atoms with Gasteiger partial charge in [0.05, 0.1) is 12.1 Å². The molecule has 2 N–H and O–H groups in total. The topological polar surface area (TPSA) is 86.7 Å². The van der Waals surface area contributed by atoms with Crippen LogP contribution in [0.5, 0.6) is 0 Å². The molecule has 1 aromatic heterocycles. The number of tetrazole rings is 1. The number of aromatic nitrogens is 4. The summed E-state index contributed by atoms with van der Waals surface area (Å²) in [6.07, 6.45) is 1.59. The monoisotopic (exact) mass is 269 g/mol. The van der Waals surface area contributed by atoms with E-state index in [9.17, 15) is 8.60 Å². The van der Waals surface area contributed by atoms with E-state index in [4.69, 9.17) is 5.73 Å². The summed E-state index contributed by atoms with van der Waals surface area (Å²) in [4.78, 5) is 0. The Labute approximate surface area is 105 Å². The molecule has 0 saturated heterocycles. The van der Waals surface area contributed by atoms with Crippen LogP contribution in [0.15, 0.2) is 18.2 Å². The van der Waals surface area contributed by atoms with E-state index in [0.717, 1.165) is 0 Å². The van der Waals surface area contributed by atoms with Gasteiger partial charge in [-0.15, -0.1) is 5.10 Å². The van der Waals surface area contributed by atoms with E-state index in [-0.39, 0.29) is 11.4 Å². The van der Waals surface area contributed by atoms with Crippen LogP contribution in [0.3, 0.4) is 0 Å². The Morgan fingerprint density at radius 1 is 1.50 bits per heavy atom. The smallest absolute Gasteiger partial charge is 0.185 e. The van der Waals surface area contributed by atoms with Gasteiger partial charge in [0, 0.05) is 28.5 Å². The van der Waals surface area contributed by atoms with Crippen LogP contribution in [0.25, 0.3) is 11.4 Å². The predicted molar refractivity (Wildman–Crippen MR) is 66.6 cm³/mol. The van der Waals surface area contributed by atoms with Crippen LogP contribution >= 0.6 is 0 Å². The minimum atomic E-state index is -0.959. The lowest BCUT2D eigenvalue weighted by atomic mass is 10.2. The van der Waals surface area contributed by atoms with E-state index in [0.29, 0.717) is 18.0 Å². The molecule has 0 spiro atoms. The number of halogens is 1. The minimum absolute atomic E-state index is 0.238. The lowest BCUT2D eigenvalue weighted by Gasteiger charge is -2.05. The molecule has 1 atom stereocenters. The molecule has 18 heavy (non-hydrogen) atoms. The average molecular weight is 269 g/mol. The standard InChI is InChI=1S/C10H12FN5OS/c1-18(17)5-4-16-10(13-14-15-16)8-6-7(12)2-3-9(8)11/h2-3,6H,4-5,12H2,1H3. The van der Waals surface area contributed by atoms with Crippen molar-refractivity contribution in [2.75, 3.05) is 17.7 Å². The number of nitrogen functional groups attached to an aromatic ring is 1. The minimum Gasteiger partial charge on any atom is -0.399 e. The Balaban J connectivity index is 2.36. The van der Waals surface area contributed by atoms with Crippen LogP contribution in [0.2, 0.25) is 0 Å². The van der Waals surface area contributed by atoms with Crippen molar-refractivity contribution in [2.24, 2.45) is 0 Å². The third kappa shape index (κ3) is 2.70. The zero-order chi connectivity index (χ0) is 13.1. The van der Waals surface area contributed by atoms with Crippen LogP contribution in [0.1, 0.15) is 0 Å². The summed E-state index contributed by atoms with van der Waals surface area (Å²) >= 11 is 0. The van der Waals surface area contributed by atoms with Gasteiger partial charge in [-0.1, -0.05) is 0 Å². The van der Waals surface area contributed by atoms with Gasteiger partial charge in [-0.05, 0) is 28.6 Å². The van der Waals surface area contributed by atoms with Gasteiger partial charge >= 0.3 is 0 Å². The van der Waals surface area contributed by atoms with Crippen LogP contribution in [0.4, 0.5) is 10.1 Å². The molecule has 0 bridgehead atoms. The fourth-order valence-corrected chi connectivity index (χ4v) is 1.91. The third-order valence-corrected chi connectivity index (χ3v) is 3.11. The average Bonchev–Trinajstić information content (AvgIpc) is 2.77. The number of hydrogen-bond donors (Lipinski definition) is 1. The maximum atomic E-state index is 13.7. The second-order valence-corrected chi connectivity index (χ2v) is 5.30. The second-order valence-electron chi connectivity index (χ2n) is 3.74. The first kappa shape index (κ1) is 12.6. The molecule has 1 heterocycles. The highest BCUT2D eigenvalue weighted by molar-refractivity contribution is 7.84. The molecule has 0 aliphatic rings. The SMILES string of the molecule is CS(=O)CCn1nnnc1-c1cc(N)ccc1F. The van der Waals surface area contributed by atoms with Crippen LogP contribution < -0.4 is 5.73 Å². The van der Waals surface area contributed by atoms with Crippen molar-refractivity contribution < 1.29 is 8.60 Å². The first-order valence-electron chi connectivity index (χ1n) is 5.19. The van der Waals surface area contributed by atoms with Gasteiger partial charge in [-0.3, -0.25) is 4.21 Å². The van der Waals surface area contributed by atoms with Crippen molar-refractivity contribution in [1.29, 1.82) is 0 Å². The summed E-state index contributed by atoms with van der Waals surface area (Å²) in [7, 11) is -0.959. The third-order valence-electron chi connectivity index (χ3n) is 2.35. The van der Waals surface area contributed by atoms with Gasteiger partial charge in [0.25, 0.3) is 0 Å². The van der Waals surface area contributed by atoms with Crippen molar-refractivity contribution >= 4 is 16.5 Å². The summed E-state index contributed by atoms with van der Waals surface area (Å²) in [5.41, 5.74) is 6.28. The Morgan fingerprint density at radius 3 is 3.00 bits per heavy atom. The number of hydrogen-bond acceptors (Lipinski definition) is 5. The lowest BCUT2D eigenvalue weighted by molar-refractivity contribution is 0.611. The van der Waals surface area contributed by atoms with Gasteiger partial charge in [0.2, 0.25) is 0 Å². The molecule has 0 aliphatic carbocycles. The molecule has 1 aromatic carbocycles. The molecule has 0 amide bonds. The van der Waals surface area contributed by atoms with E-state index >= 15 is 0 Å². The van der Waals surface area contributed by atoms with Crippen LogP contribution in [-0.4, -0.2) is 36.4 Å². The van der Waals surface area contributed by atoms with Gasteiger partial charge in [-0.25, -0.2) is 9.07 Å². The maximum absolute atomic E-state index is 13.7. The molecule has 0 radical (unpaired) electrons. The molecule has 2 aromatic rings. The number of rotatable bonds is 4. The number of aryl methyl sites for hydroxylation is 1. The first-order chi connectivity index (χ1) is 8.58. The number of nitrogens with two attached hydrogens (primary N) is 1. The quantitative estimate of drug-likeness (QED) is 0.814. The molecule has 8 heteroatoms. The van der Waals surface area contributed by atoms with Crippen molar-refractivity contribution in [1.82, 2.24) is 20.2 Å². The molecule has 1 unspecified atom stereocenters. The second kappa shape index (κ2) is 5.21. The summed E-state index contributed by atoms with van der Waals surface area (Å²) in [5, 5.41) is 11.0. The predicted octanol–water partition coefficient (Wildman–Crippen LogP) is 0.440.